The van der Waals surface area contributed by atoms with Crippen LogP contribution in [0.1, 0.15) is 63.7 Å². The Hall–Kier alpha value is -4.47. The fourth-order valence-corrected chi connectivity index (χ4v) is 7.00. The molecule has 0 unspecified atom stereocenters. The molecule has 0 radical (unpaired) electrons. The molecule has 0 amide bonds. The second-order valence-corrected chi connectivity index (χ2v) is 12.2. The number of aryl methyl sites for hydroxylation is 2. The lowest BCUT2D eigenvalue weighted by Crippen LogP contribution is -2.28. The summed E-state index contributed by atoms with van der Waals surface area (Å²) in [6.45, 7) is 3.23. The fourth-order valence-electron chi connectivity index (χ4n) is 5.81. The van der Waals surface area contributed by atoms with E-state index in [9.17, 15) is 33.1 Å². The number of aromatic nitrogens is 3. The van der Waals surface area contributed by atoms with Crippen LogP contribution >= 0.6 is 22.9 Å². The topological polar surface area (TPSA) is 118 Å². The zero-order valence-corrected chi connectivity index (χ0v) is 25.5. The van der Waals surface area contributed by atoms with Gasteiger partial charge in [-0.15, -0.1) is 11.3 Å². The molecule has 8 nitrogen and oxygen atoms in total. The maximum atomic E-state index is 14.1. The monoisotopic (exact) mass is 652 g/mol. The Kier molecular flexibility index (Phi) is 7.79. The third-order valence-corrected chi connectivity index (χ3v) is 9.33. The van der Waals surface area contributed by atoms with Crippen LogP contribution in [0.15, 0.2) is 40.5 Å². The van der Waals surface area contributed by atoms with Crippen LogP contribution in [0, 0.1) is 25.2 Å². The molecule has 0 aliphatic heterocycles. The van der Waals surface area contributed by atoms with Crippen molar-refractivity contribution in [3.8, 4) is 22.9 Å². The van der Waals surface area contributed by atoms with Crippen LogP contribution in [-0.4, -0.2) is 32.2 Å². The largest absolute Gasteiger partial charge is 0.491 e. The van der Waals surface area contributed by atoms with Crippen LogP contribution in [-0.2, 0) is 12.7 Å². The average Bonchev–Trinajstić information content (AvgIpc) is 3.37. The number of hydrogen-bond acceptors (Lipinski definition) is 7. The molecule has 230 valence electrons. The minimum atomic E-state index is -4.70. The lowest BCUT2D eigenvalue weighted by Gasteiger charge is -2.30. The van der Waals surface area contributed by atoms with Crippen molar-refractivity contribution in [2.45, 2.75) is 51.7 Å². The number of benzene rings is 2. The summed E-state index contributed by atoms with van der Waals surface area (Å²) in [4.78, 5) is 34.2. The van der Waals surface area contributed by atoms with Crippen molar-refractivity contribution in [3.05, 3.63) is 84.9 Å². The Balaban J connectivity index is 1.38. The lowest BCUT2D eigenvalue weighted by atomic mass is 9.75. The highest BCUT2D eigenvalue weighted by Gasteiger charge is 2.40. The van der Waals surface area contributed by atoms with Gasteiger partial charge in [-0.2, -0.15) is 18.4 Å². The number of thiophene rings is 1. The number of nitriles is 1. The maximum absolute atomic E-state index is 14.1. The summed E-state index contributed by atoms with van der Waals surface area (Å²) < 4.78 is 50.3. The maximum Gasteiger partial charge on any atom is 0.416 e. The number of pyridine rings is 1. The number of fused-ring (bicyclic) bond motifs is 2. The van der Waals surface area contributed by atoms with Gasteiger partial charge < -0.3 is 9.84 Å². The highest BCUT2D eigenvalue weighted by atomic mass is 35.5. The normalized spacial score (nSPS) is 13.6. The third-order valence-electron chi connectivity index (χ3n) is 8.09. The van der Waals surface area contributed by atoms with Crippen LogP contribution in [0.5, 0.6) is 5.75 Å². The molecule has 45 heavy (non-hydrogen) atoms. The van der Waals surface area contributed by atoms with Gasteiger partial charge in [0, 0.05) is 27.2 Å². The summed E-state index contributed by atoms with van der Waals surface area (Å²) in [5.74, 6) is -0.950. The first-order valence-electron chi connectivity index (χ1n) is 14.0. The van der Waals surface area contributed by atoms with Gasteiger partial charge in [-0.1, -0.05) is 18.0 Å². The summed E-state index contributed by atoms with van der Waals surface area (Å²) >= 11 is 7.58. The zero-order valence-electron chi connectivity index (χ0n) is 24.0. The van der Waals surface area contributed by atoms with Gasteiger partial charge in [-0.3, -0.25) is 14.3 Å². The summed E-state index contributed by atoms with van der Waals surface area (Å²) in [5.41, 5.74) is 0.195. The highest BCUT2D eigenvalue weighted by Crippen LogP contribution is 2.46. The molecule has 1 fully saturated rings. The molecular weight excluding hydrogens is 629 g/mol. The lowest BCUT2D eigenvalue weighted by molar-refractivity contribution is -0.138. The van der Waals surface area contributed by atoms with Crippen molar-refractivity contribution in [2.24, 2.45) is 0 Å². The van der Waals surface area contributed by atoms with Crippen LogP contribution in [0.25, 0.3) is 32.2 Å². The number of hydrogen-bond donors (Lipinski definition) is 1. The molecular formula is C32H24ClF3N4O4S. The number of halogens is 4. The smallest absolute Gasteiger partial charge is 0.416 e. The van der Waals surface area contributed by atoms with Crippen molar-refractivity contribution >= 4 is 50.0 Å². The third kappa shape index (κ3) is 5.40. The predicted octanol–water partition coefficient (Wildman–Crippen LogP) is 7.88. The molecule has 1 aliphatic rings. The van der Waals surface area contributed by atoms with Gasteiger partial charge in [-0.25, -0.2) is 9.78 Å². The van der Waals surface area contributed by atoms with E-state index in [4.69, 9.17) is 16.3 Å². The van der Waals surface area contributed by atoms with E-state index in [2.05, 4.69) is 9.97 Å². The quantitative estimate of drug-likeness (QED) is 0.190. The second kappa shape index (κ2) is 11.5. The molecule has 3 aromatic heterocycles. The zero-order chi connectivity index (χ0) is 32.2. The van der Waals surface area contributed by atoms with E-state index in [1.54, 1.807) is 25.1 Å². The van der Waals surface area contributed by atoms with E-state index < -0.39 is 29.2 Å². The first kappa shape index (κ1) is 30.6. The summed E-state index contributed by atoms with van der Waals surface area (Å²) in [6, 6.07) is 9.58. The van der Waals surface area contributed by atoms with Crippen molar-refractivity contribution in [2.75, 3.05) is 6.61 Å². The number of carboxylic acids is 1. The molecule has 0 saturated heterocycles. The SMILES string of the molecule is Cc1cc(-c2cc(Cl)ccc2OCCn2c(C)nc3cc(C(F)(F)F)c(C4CCC4)c(C#N)c3c2=O)c2scc(C(=O)O)c2n1. The molecule has 1 saturated carbocycles. The molecule has 5 aromatic rings. The minimum absolute atomic E-state index is 0.00667. The van der Waals surface area contributed by atoms with Crippen LogP contribution in [0.3, 0.4) is 0 Å². The Labute approximate surface area is 263 Å². The Morgan fingerprint density at radius 3 is 2.60 bits per heavy atom. The van der Waals surface area contributed by atoms with E-state index >= 15 is 0 Å². The first-order valence-corrected chi connectivity index (χ1v) is 15.2. The van der Waals surface area contributed by atoms with Gasteiger partial charge in [0.2, 0.25) is 0 Å². The van der Waals surface area contributed by atoms with Crippen molar-refractivity contribution in [1.29, 1.82) is 5.26 Å². The summed E-state index contributed by atoms with van der Waals surface area (Å²) in [6.07, 6.45) is -2.92. The van der Waals surface area contributed by atoms with Crippen molar-refractivity contribution in [1.82, 2.24) is 14.5 Å². The van der Waals surface area contributed by atoms with Crippen molar-refractivity contribution < 1.29 is 27.8 Å². The number of carbonyl (C=O) groups is 1. The van der Waals surface area contributed by atoms with Gasteiger partial charge >= 0.3 is 12.1 Å². The molecule has 1 N–H and O–H groups in total. The highest BCUT2D eigenvalue weighted by molar-refractivity contribution is 7.18. The van der Waals surface area contributed by atoms with Crippen LogP contribution < -0.4 is 10.3 Å². The van der Waals surface area contributed by atoms with Crippen LogP contribution in [0.4, 0.5) is 13.2 Å². The standard InChI is InChI=1S/C32H24ClF3N4O4S/c1-15-10-20(29-28(38-15)22(14-45-29)31(42)43)19-11-18(33)6-7-25(19)44-9-8-40-16(2)39-24-12-23(32(34,35)36)26(17-4-3-5-17)21(13-37)27(24)30(40)41/h6-7,10-12,14,17H,3-5,8-9H2,1-2H3,(H,42,43). The molecule has 3 heterocycles. The van der Waals surface area contributed by atoms with Gasteiger partial charge in [0.05, 0.1) is 44.4 Å². The van der Waals surface area contributed by atoms with Crippen LogP contribution in [0.2, 0.25) is 5.02 Å². The van der Waals surface area contributed by atoms with E-state index in [0.717, 1.165) is 12.5 Å². The number of rotatable bonds is 7. The molecule has 1 aliphatic carbocycles. The number of carboxylic acid groups (broad SMARTS) is 1. The predicted molar refractivity (Wildman–Crippen MR) is 164 cm³/mol. The second-order valence-electron chi connectivity index (χ2n) is 10.9. The molecule has 13 heteroatoms. The summed E-state index contributed by atoms with van der Waals surface area (Å²) in [5, 5.41) is 21.4. The number of alkyl halides is 3. The first-order chi connectivity index (χ1) is 21.4. The Bertz CT molecular complexity index is 2130. The van der Waals surface area contributed by atoms with E-state index in [1.165, 1.54) is 28.2 Å². The Morgan fingerprint density at radius 1 is 1.20 bits per heavy atom. The van der Waals surface area contributed by atoms with Gasteiger partial charge in [0.1, 0.15) is 24.3 Å². The Morgan fingerprint density at radius 2 is 1.96 bits per heavy atom. The summed E-state index contributed by atoms with van der Waals surface area (Å²) in [7, 11) is 0. The number of ether oxygens (including phenoxy) is 1. The van der Waals surface area contributed by atoms with Crippen molar-refractivity contribution in [3.63, 3.8) is 0 Å². The minimum Gasteiger partial charge on any atom is -0.491 e. The molecule has 2 aromatic carbocycles. The molecule has 0 spiro atoms. The number of aromatic carboxylic acids is 1. The van der Waals surface area contributed by atoms with E-state index in [-0.39, 0.29) is 46.6 Å². The fraction of sp³-hybridized carbons (Fsp3) is 0.281. The van der Waals surface area contributed by atoms with E-state index in [0.29, 0.717) is 50.7 Å². The molecule has 6 rings (SSSR count). The van der Waals surface area contributed by atoms with Gasteiger partial charge in [0.15, 0.2) is 0 Å². The van der Waals surface area contributed by atoms with Gasteiger partial charge in [0.25, 0.3) is 5.56 Å². The molecule has 0 bridgehead atoms. The average molecular weight is 653 g/mol. The van der Waals surface area contributed by atoms with E-state index in [1.807, 2.05) is 12.1 Å². The number of nitrogens with zero attached hydrogens (tertiary/aromatic N) is 4. The molecule has 0 atom stereocenters. The van der Waals surface area contributed by atoms with Gasteiger partial charge in [-0.05, 0) is 68.5 Å².